The van der Waals surface area contributed by atoms with Crippen LogP contribution in [0.25, 0.3) is 0 Å². The summed E-state index contributed by atoms with van der Waals surface area (Å²) in [7, 11) is 0. The van der Waals surface area contributed by atoms with Gasteiger partial charge in [-0.2, -0.15) is 0 Å². The third-order valence-electron chi connectivity index (χ3n) is 3.62. The zero-order valence-electron chi connectivity index (χ0n) is 12.3. The first-order valence-electron chi connectivity index (χ1n) is 6.80. The molecule has 1 aliphatic heterocycles. The van der Waals surface area contributed by atoms with Gasteiger partial charge in [0.25, 0.3) is 0 Å². The standard InChI is InChI=1S/C15H24N2O.2ClH/c1-10(2)18-15-8-14(11(3)9-17-15)12-4-6-13(16)7-5-12;;/h4-7,10-11,14-15,17H,8-9,16H2,1-3H3;2*1H. The average molecular weight is 321 g/mol. The van der Waals surface area contributed by atoms with Crippen LogP contribution in [-0.4, -0.2) is 18.9 Å². The Morgan fingerprint density at radius 1 is 1.20 bits per heavy atom. The molecule has 3 nitrogen and oxygen atoms in total. The van der Waals surface area contributed by atoms with Gasteiger partial charge >= 0.3 is 0 Å². The van der Waals surface area contributed by atoms with Crippen LogP contribution < -0.4 is 11.1 Å². The molecule has 0 aliphatic carbocycles. The van der Waals surface area contributed by atoms with Crippen molar-refractivity contribution in [3.05, 3.63) is 29.8 Å². The Balaban J connectivity index is 0.00000180. The van der Waals surface area contributed by atoms with E-state index in [0.29, 0.717) is 11.8 Å². The number of anilines is 1. The largest absolute Gasteiger partial charge is 0.399 e. The van der Waals surface area contributed by atoms with Gasteiger partial charge in [-0.05, 0) is 49.8 Å². The number of halogens is 2. The average Bonchev–Trinajstić information content (AvgIpc) is 2.32. The molecule has 0 saturated carbocycles. The van der Waals surface area contributed by atoms with E-state index in [1.165, 1.54) is 5.56 Å². The lowest BCUT2D eigenvalue weighted by Gasteiger charge is -2.36. The number of piperidine rings is 1. The molecule has 3 N–H and O–H groups in total. The fraction of sp³-hybridized carbons (Fsp3) is 0.600. The molecule has 116 valence electrons. The molecule has 1 fully saturated rings. The van der Waals surface area contributed by atoms with Crippen LogP contribution in [0, 0.1) is 5.92 Å². The molecule has 20 heavy (non-hydrogen) atoms. The molecule has 5 heteroatoms. The quantitative estimate of drug-likeness (QED) is 0.837. The minimum absolute atomic E-state index is 0. The van der Waals surface area contributed by atoms with Crippen molar-refractivity contribution in [2.45, 2.75) is 45.4 Å². The molecule has 2 rings (SSSR count). The number of nitrogens with one attached hydrogen (secondary N) is 1. The van der Waals surface area contributed by atoms with Crippen LogP contribution in [0.2, 0.25) is 0 Å². The molecule has 0 bridgehead atoms. The van der Waals surface area contributed by atoms with E-state index in [1.807, 2.05) is 12.1 Å². The number of hydrogen-bond donors (Lipinski definition) is 2. The molecule has 0 amide bonds. The predicted molar refractivity (Wildman–Crippen MR) is 89.9 cm³/mol. The third-order valence-corrected chi connectivity index (χ3v) is 3.62. The molecule has 3 atom stereocenters. The summed E-state index contributed by atoms with van der Waals surface area (Å²) in [5.41, 5.74) is 7.95. The molecule has 1 aromatic rings. The SMILES string of the molecule is CC(C)OC1CC(c2ccc(N)cc2)C(C)CN1.Cl.Cl. The number of nitrogen functional groups attached to an aromatic ring is 1. The first-order chi connectivity index (χ1) is 8.56. The van der Waals surface area contributed by atoms with Gasteiger partial charge in [0, 0.05) is 12.2 Å². The zero-order valence-corrected chi connectivity index (χ0v) is 14.0. The Morgan fingerprint density at radius 3 is 2.35 bits per heavy atom. The van der Waals surface area contributed by atoms with Gasteiger partial charge in [0.2, 0.25) is 0 Å². The Hall–Kier alpha value is -0.480. The van der Waals surface area contributed by atoms with Gasteiger partial charge in [0.1, 0.15) is 6.23 Å². The molecule has 0 spiro atoms. The highest BCUT2D eigenvalue weighted by Gasteiger charge is 2.29. The molecular weight excluding hydrogens is 295 g/mol. The topological polar surface area (TPSA) is 47.3 Å². The third kappa shape index (κ3) is 5.13. The van der Waals surface area contributed by atoms with Crippen molar-refractivity contribution in [2.24, 2.45) is 5.92 Å². The van der Waals surface area contributed by atoms with Gasteiger partial charge in [-0.25, -0.2) is 0 Å². The maximum atomic E-state index is 5.88. The van der Waals surface area contributed by atoms with Gasteiger partial charge in [0.15, 0.2) is 0 Å². The zero-order chi connectivity index (χ0) is 13.1. The summed E-state index contributed by atoms with van der Waals surface area (Å²) >= 11 is 0. The molecule has 3 unspecified atom stereocenters. The van der Waals surface area contributed by atoms with E-state index < -0.39 is 0 Å². The van der Waals surface area contributed by atoms with Crippen molar-refractivity contribution in [1.82, 2.24) is 5.32 Å². The van der Waals surface area contributed by atoms with Crippen LogP contribution in [0.15, 0.2) is 24.3 Å². The maximum Gasteiger partial charge on any atom is 0.109 e. The Labute approximate surface area is 134 Å². The second-order valence-electron chi connectivity index (χ2n) is 5.57. The van der Waals surface area contributed by atoms with Gasteiger partial charge < -0.3 is 10.5 Å². The lowest BCUT2D eigenvalue weighted by molar-refractivity contribution is -0.0376. The van der Waals surface area contributed by atoms with Gasteiger partial charge in [-0.3, -0.25) is 5.32 Å². The minimum Gasteiger partial charge on any atom is -0.399 e. The number of rotatable bonds is 3. The van der Waals surface area contributed by atoms with Crippen molar-refractivity contribution >= 4 is 30.5 Å². The Kier molecular flexibility index (Phi) is 8.52. The van der Waals surface area contributed by atoms with E-state index >= 15 is 0 Å². The highest BCUT2D eigenvalue weighted by atomic mass is 35.5. The molecule has 1 heterocycles. The lowest BCUT2D eigenvalue weighted by Crippen LogP contribution is -2.44. The fourth-order valence-corrected chi connectivity index (χ4v) is 2.65. The molecule has 0 radical (unpaired) electrons. The molecule has 1 saturated heterocycles. The van der Waals surface area contributed by atoms with Gasteiger partial charge in [0.05, 0.1) is 6.10 Å². The van der Waals surface area contributed by atoms with E-state index in [1.54, 1.807) is 0 Å². The van der Waals surface area contributed by atoms with Gasteiger partial charge in [-0.1, -0.05) is 19.1 Å². The van der Waals surface area contributed by atoms with Crippen LogP contribution in [0.5, 0.6) is 0 Å². The van der Waals surface area contributed by atoms with Crippen molar-refractivity contribution < 1.29 is 4.74 Å². The summed E-state index contributed by atoms with van der Waals surface area (Å²) in [4.78, 5) is 0. The van der Waals surface area contributed by atoms with Crippen molar-refractivity contribution in [3.8, 4) is 0 Å². The summed E-state index contributed by atoms with van der Waals surface area (Å²) < 4.78 is 5.88. The monoisotopic (exact) mass is 320 g/mol. The maximum absolute atomic E-state index is 5.88. The van der Waals surface area contributed by atoms with Gasteiger partial charge in [-0.15, -0.1) is 24.8 Å². The van der Waals surface area contributed by atoms with Crippen LogP contribution in [-0.2, 0) is 4.74 Å². The van der Waals surface area contributed by atoms with E-state index in [2.05, 4.69) is 38.2 Å². The fourth-order valence-electron chi connectivity index (χ4n) is 2.65. The highest BCUT2D eigenvalue weighted by Crippen LogP contribution is 2.33. The van der Waals surface area contributed by atoms with E-state index in [4.69, 9.17) is 10.5 Å². The Morgan fingerprint density at radius 2 is 1.80 bits per heavy atom. The summed E-state index contributed by atoms with van der Waals surface area (Å²) in [6, 6.07) is 8.27. The normalized spacial score (nSPS) is 25.7. The van der Waals surface area contributed by atoms with Crippen LogP contribution in [0.4, 0.5) is 5.69 Å². The van der Waals surface area contributed by atoms with Crippen LogP contribution in [0.3, 0.4) is 0 Å². The van der Waals surface area contributed by atoms with E-state index in [-0.39, 0.29) is 37.1 Å². The van der Waals surface area contributed by atoms with Crippen molar-refractivity contribution in [2.75, 3.05) is 12.3 Å². The second-order valence-corrected chi connectivity index (χ2v) is 5.57. The van der Waals surface area contributed by atoms with Crippen molar-refractivity contribution in [3.63, 3.8) is 0 Å². The number of ether oxygens (including phenoxy) is 1. The lowest BCUT2D eigenvalue weighted by atomic mass is 9.81. The number of nitrogens with two attached hydrogens (primary N) is 1. The molecule has 1 aromatic carbocycles. The number of hydrogen-bond acceptors (Lipinski definition) is 3. The Bertz CT molecular complexity index is 384. The second kappa shape index (κ2) is 8.73. The van der Waals surface area contributed by atoms with E-state index in [9.17, 15) is 0 Å². The predicted octanol–water partition coefficient (Wildman–Crippen LogP) is 3.58. The van der Waals surface area contributed by atoms with E-state index in [0.717, 1.165) is 18.7 Å². The molecular formula is C15H26Cl2N2O. The highest BCUT2D eigenvalue weighted by molar-refractivity contribution is 5.85. The minimum atomic E-state index is 0. The summed E-state index contributed by atoms with van der Waals surface area (Å²) in [6.07, 6.45) is 1.47. The molecule has 0 aromatic heterocycles. The summed E-state index contributed by atoms with van der Waals surface area (Å²) in [6.45, 7) is 7.46. The first kappa shape index (κ1) is 19.5. The summed E-state index contributed by atoms with van der Waals surface area (Å²) in [5.74, 6) is 1.18. The number of benzene rings is 1. The smallest absolute Gasteiger partial charge is 0.109 e. The van der Waals surface area contributed by atoms with Crippen LogP contribution in [0.1, 0.15) is 38.7 Å². The first-order valence-corrected chi connectivity index (χ1v) is 6.80. The summed E-state index contributed by atoms with van der Waals surface area (Å²) in [5, 5.41) is 3.46. The van der Waals surface area contributed by atoms with Crippen molar-refractivity contribution in [1.29, 1.82) is 0 Å². The molecule has 1 aliphatic rings. The van der Waals surface area contributed by atoms with Crippen LogP contribution >= 0.6 is 24.8 Å².